The van der Waals surface area contributed by atoms with Crippen LogP contribution in [0.25, 0.3) is 0 Å². The van der Waals surface area contributed by atoms with Crippen molar-refractivity contribution in [1.29, 1.82) is 0 Å². The van der Waals surface area contributed by atoms with Crippen LogP contribution in [0, 0.1) is 0 Å². The molecule has 0 aliphatic heterocycles. The first kappa shape index (κ1) is 20.9. The minimum atomic E-state index is -1.31. The Bertz CT molecular complexity index is 282. The Balaban J connectivity index is 5.50. The molecule has 0 N–H and O–H groups in total. The number of rotatable bonds is 4. The monoisotopic (exact) mass is 350 g/mol. The van der Waals surface area contributed by atoms with E-state index in [-0.39, 0.29) is 18.4 Å². The Morgan fingerprint density at radius 1 is 0.750 bits per heavy atom. The summed E-state index contributed by atoms with van der Waals surface area (Å²) in [5.41, 5.74) is 0. The van der Waals surface area contributed by atoms with Gasteiger partial charge in [0.1, 0.15) is 16.5 Å². The second-order valence-electron chi connectivity index (χ2n) is 9.49. The van der Waals surface area contributed by atoms with Crippen molar-refractivity contribution in [3.05, 3.63) is 0 Å². The summed E-state index contributed by atoms with van der Waals surface area (Å²) < 4.78 is 7.99. The maximum absolute atomic E-state index is 5.23. The van der Waals surface area contributed by atoms with E-state index < -0.39 is 16.5 Å². The molecule has 0 amide bonds. The normalized spacial score (nSPS) is 15.7. The summed E-state index contributed by atoms with van der Waals surface area (Å²) in [5.74, 6) is 0. The van der Waals surface area contributed by atoms with Gasteiger partial charge in [-0.15, -0.1) is 0 Å². The van der Waals surface area contributed by atoms with Crippen molar-refractivity contribution in [3.8, 4) is 0 Å². The van der Waals surface area contributed by atoms with Gasteiger partial charge in [-0.05, 0) is 0 Å². The lowest BCUT2D eigenvalue weighted by molar-refractivity contribution is 0.707. The molecule has 6 heteroatoms. The highest BCUT2D eigenvalue weighted by atomic mass is 31.2. The highest BCUT2D eigenvalue weighted by Gasteiger charge is 2.37. The van der Waals surface area contributed by atoms with Crippen LogP contribution in [-0.4, -0.2) is 30.8 Å². The third-order valence-electron chi connectivity index (χ3n) is 2.76. The van der Waals surface area contributed by atoms with Crippen molar-refractivity contribution in [2.75, 3.05) is 0 Å². The fourth-order valence-corrected chi connectivity index (χ4v) is 18.3. The van der Waals surface area contributed by atoms with Crippen molar-refractivity contribution in [2.45, 2.75) is 91.1 Å². The molecule has 0 saturated carbocycles. The minimum Gasteiger partial charge on any atom is -0.285 e. The van der Waals surface area contributed by atoms with E-state index in [9.17, 15) is 0 Å². The van der Waals surface area contributed by atoms with Gasteiger partial charge in [-0.3, -0.25) is 4.00 Å². The molecule has 0 aromatic rings. The summed E-state index contributed by atoms with van der Waals surface area (Å²) in [4.78, 5) is 0. The molecule has 20 heavy (non-hydrogen) atoms. The SMILES string of the molecule is CC(C)(C)P(N=PN([Si](C)(C)C)[Si](C)(C)C)C(C)(C)C. The van der Waals surface area contributed by atoms with Gasteiger partial charge < -0.3 is 0 Å². The van der Waals surface area contributed by atoms with Gasteiger partial charge >= 0.3 is 0 Å². The molecule has 0 saturated heterocycles. The van der Waals surface area contributed by atoms with Gasteiger partial charge in [0.25, 0.3) is 0 Å². The quantitative estimate of drug-likeness (QED) is 0.394. The van der Waals surface area contributed by atoms with E-state index in [4.69, 9.17) is 4.52 Å². The van der Waals surface area contributed by atoms with Crippen LogP contribution in [0.4, 0.5) is 0 Å². The van der Waals surface area contributed by atoms with Crippen LogP contribution in [-0.2, 0) is 0 Å². The first-order chi connectivity index (χ1) is 8.47. The maximum Gasteiger partial charge on any atom is 0.122 e. The lowest BCUT2D eigenvalue weighted by Gasteiger charge is -2.41. The third kappa shape index (κ3) is 6.79. The van der Waals surface area contributed by atoms with Gasteiger partial charge in [0.2, 0.25) is 0 Å². The van der Waals surface area contributed by atoms with Crippen molar-refractivity contribution in [2.24, 2.45) is 4.52 Å². The van der Waals surface area contributed by atoms with Crippen LogP contribution in [0.3, 0.4) is 0 Å². The molecule has 0 heterocycles. The van der Waals surface area contributed by atoms with Gasteiger partial charge in [-0.25, -0.2) is 4.52 Å². The van der Waals surface area contributed by atoms with Gasteiger partial charge in [0, 0.05) is 18.4 Å². The van der Waals surface area contributed by atoms with Crippen molar-refractivity contribution >= 4 is 33.1 Å². The average molecular weight is 351 g/mol. The van der Waals surface area contributed by atoms with Crippen LogP contribution in [0.5, 0.6) is 0 Å². The molecule has 0 atom stereocenters. The van der Waals surface area contributed by atoms with E-state index in [1.165, 1.54) is 8.52 Å². The second-order valence-corrected chi connectivity index (χ2v) is 24.9. The minimum absolute atomic E-state index is 0.283. The summed E-state index contributed by atoms with van der Waals surface area (Å²) in [6, 6.07) is 0. The summed E-state index contributed by atoms with van der Waals surface area (Å²) in [7, 11) is -1.73. The average Bonchev–Trinajstić information content (AvgIpc) is 2.02. The summed E-state index contributed by atoms with van der Waals surface area (Å²) in [5, 5.41) is 0.566. The smallest absolute Gasteiger partial charge is 0.122 e. The van der Waals surface area contributed by atoms with Gasteiger partial charge in [0.05, 0.1) is 8.52 Å². The first-order valence-electron chi connectivity index (χ1n) is 7.49. The maximum atomic E-state index is 5.23. The van der Waals surface area contributed by atoms with E-state index in [0.29, 0.717) is 0 Å². The van der Waals surface area contributed by atoms with Gasteiger partial charge in [-0.2, -0.15) is 0 Å². The zero-order chi connectivity index (χ0) is 16.6. The molecule has 0 fully saturated rings. The van der Waals surface area contributed by atoms with Crippen LogP contribution in [0.15, 0.2) is 4.52 Å². The molecule has 0 spiro atoms. The standard InChI is InChI=1S/C14H36N2P2Si2/c1-13(2,3)18(14(4,5)6)15-17-16(19(7,8)9)20(10,11)12/h1-12H3. The third-order valence-corrected chi connectivity index (χ3v) is 17.2. The topological polar surface area (TPSA) is 15.6 Å². The molecule has 0 aromatic carbocycles. The van der Waals surface area contributed by atoms with Crippen LogP contribution in [0.2, 0.25) is 39.3 Å². The zero-order valence-corrected chi connectivity index (χ0v) is 19.6. The van der Waals surface area contributed by atoms with Crippen molar-refractivity contribution in [3.63, 3.8) is 0 Å². The molecule has 120 valence electrons. The Kier molecular flexibility index (Phi) is 6.89. The largest absolute Gasteiger partial charge is 0.285 e. The predicted molar refractivity (Wildman–Crippen MR) is 104 cm³/mol. The van der Waals surface area contributed by atoms with Crippen LogP contribution in [0.1, 0.15) is 41.5 Å². The molecular formula is C14H36N2P2Si2. The highest BCUT2D eigenvalue weighted by molar-refractivity contribution is 7.63. The molecule has 0 radical (unpaired) electrons. The zero-order valence-electron chi connectivity index (χ0n) is 15.8. The van der Waals surface area contributed by atoms with E-state index in [2.05, 4.69) is 84.8 Å². The summed E-state index contributed by atoms with van der Waals surface area (Å²) in [6.07, 6.45) is 0. The first-order valence-corrected chi connectivity index (χ1v) is 16.5. The van der Waals surface area contributed by atoms with E-state index >= 15 is 0 Å². The lowest BCUT2D eigenvalue weighted by Crippen LogP contribution is -2.53. The molecule has 0 aromatic heterocycles. The molecule has 0 unspecified atom stereocenters. The Labute approximate surface area is 133 Å². The second kappa shape index (κ2) is 6.58. The van der Waals surface area contributed by atoms with Crippen LogP contribution < -0.4 is 0 Å². The predicted octanol–water partition coefficient (Wildman–Crippen LogP) is 7.00. The highest BCUT2D eigenvalue weighted by Crippen LogP contribution is 2.62. The number of hydrogen-bond donors (Lipinski definition) is 0. The Morgan fingerprint density at radius 3 is 1.25 bits per heavy atom. The lowest BCUT2D eigenvalue weighted by atomic mass is 10.2. The van der Waals surface area contributed by atoms with Crippen molar-refractivity contribution in [1.82, 2.24) is 4.00 Å². The number of hydrogen-bond acceptors (Lipinski definition) is 1. The van der Waals surface area contributed by atoms with E-state index in [1.807, 2.05) is 0 Å². The Hall–Kier alpha value is 0.924. The summed E-state index contributed by atoms with van der Waals surface area (Å²) >= 11 is 0. The van der Waals surface area contributed by atoms with Crippen molar-refractivity contribution < 1.29 is 0 Å². The fraction of sp³-hybridized carbons (Fsp3) is 1.00. The molecular weight excluding hydrogens is 314 g/mol. The molecule has 0 aliphatic rings. The molecule has 2 nitrogen and oxygen atoms in total. The van der Waals surface area contributed by atoms with Crippen LogP contribution >= 0.6 is 16.6 Å². The molecule has 0 bridgehead atoms. The van der Waals surface area contributed by atoms with Gasteiger partial charge in [-0.1, -0.05) is 80.8 Å². The van der Waals surface area contributed by atoms with E-state index in [0.717, 1.165) is 0 Å². The summed E-state index contributed by atoms with van der Waals surface area (Å²) in [6.45, 7) is 28.8. The fourth-order valence-electron chi connectivity index (χ4n) is 2.63. The van der Waals surface area contributed by atoms with E-state index in [1.54, 1.807) is 0 Å². The molecule has 0 aliphatic carbocycles. The number of nitrogens with zero attached hydrogens (tertiary/aromatic N) is 2. The van der Waals surface area contributed by atoms with Gasteiger partial charge in [0.15, 0.2) is 0 Å². The molecule has 0 rings (SSSR count). The Morgan fingerprint density at radius 2 is 1.05 bits per heavy atom.